The van der Waals surface area contributed by atoms with Crippen LogP contribution in [0, 0.1) is 0 Å². The highest BCUT2D eigenvalue weighted by atomic mass is 35.5. The highest BCUT2D eigenvalue weighted by Crippen LogP contribution is 2.40. The Morgan fingerprint density at radius 1 is 1.12 bits per heavy atom. The van der Waals surface area contributed by atoms with Crippen LogP contribution in [0.3, 0.4) is 0 Å². The number of Topliss-reactive ketones (excluding diaryl/α,β-unsaturated/α-hetero) is 1. The molecule has 2 N–H and O–H groups in total. The summed E-state index contributed by atoms with van der Waals surface area (Å²) in [7, 11) is 0. The first-order chi connectivity index (χ1) is 12.2. The molecule has 1 heterocycles. The van der Waals surface area contributed by atoms with E-state index in [2.05, 4.69) is 5.32 Å². The van der Waals surface area contributed by atoms with Crippen LogP contribution < -0.4 is 10.1 Å². The van der Waals surface area contributed by atoms with Crippen molar-refractivity contribution in [2.45, 2.75) is 38.5 Å². The number of ketones is 1. The largest absolute Gasteiger partial charge is 0.485 e. The van der Waals surface area contributed by atoms with Gasteiger partial charge in [0.1, 0.15) is 17.5 Å². The summed E-state index contributed by atoms with van der Waals surface area (Å²) in [4.78, 5) is 24.4. The fourth-order valence-corrected chi connectivity index (χ4v) is 3.13. The molecule has 0 bridgehead atoms. The van der Waals surface area contributed by atoms with Crippen LogP contribution in [-0.4, -0.2) is 28.5 Å². The van der Waals surface area contributed by atoms with E-state index in [1.807, 2.05) is 0 Å². The van der Waals surface area contributed by atoms with Gasteiger partial charge in [-0.15, -0.1) is 0 Å². The molecule has 2 aromatic carbocycles. The molecule has 1 aliphatic rings. The summed E-state index contributed by atoms with van der Waals surface area (Å²) in [5.74, 6) is 0.0872. The van der Waals surface area contributed by atoms with Gasteiger partial charge in [-0.2, -0.15) is 0 Å². The average molecular weight is 374 g/mol. The van der Waals surface area contributed by atoms with Gasteiger partial charge in [-0.25, -0.2) is 0 Å². The van der Waals surface area contributed by atoms with E-state index in [-0.39, 0.29) is 11.7 Å². The number of ether oxygens (including phenoxy) is 1. The Morgan fingerprint density at radius 3 is 2.35 bits per heavy atom. The van der Waals surface area contributed by atoms with Crippen LogP contribution in [0.2, 0.25) is 5.02 Å². The SMILES string of the molecule is CC(=O)c1ccc2c(c1)C(NC(=O)c1ccc(Cl)cc1)C(O)C(C)(C)O2. The topological polar surface area (TPSA) is 75.6 Å². The minimum absolute atomic E-state index is 0.102. The maximum Gasteiger partial charge on any atom is 0.251 e. The molecular weight excluding hydrogens is 354 g/mol. The Kier molecular flexibility index (Phi) is 4.78. The van der Waals surface area contributed by atoms with E-state index >= 15 is 0 Å². The second-order valence-corrected chi connectivity index (χ2v) is 7.35. The van der Waals surface area contributed by atoms with Gasteiger partial charge in [0.05, 0.1) is 6.04 Å². The Hall–Kier alpha value is -2.37. The van der Waals surface area contributed by atoms with Crippen LogP contribution in [0.5, 0.6) is 5.75 Å². The van der Waals surface area contributed by atoms with E-state index in [0.29, 0.717) is 27.5 Å². The second kappa shape index (κ2) is 6.74. The number of carbonyl (C=O) groups is 2. The van der Waals surface area contributed by atoms with Crippen molar-refractivity contribution in [2.75, 3.05) is 0 Å². The van der Waals surface area contributed by atoms with Gasteiger partial charge in [0.25, 0.3) is 5.91 Å². The molecule has 0 fully saturated rings. The fourth-order valence-electron chi connectivity index (χ4n) is 3.00. The van der Waals surface area contributed by atoms with Crippen molar-refractivity contribution >= 4 is 23.3 Å². The summed E-state index contributed by atoms with van der Waals surface area (Å²) in [6, 6.07) is 10.8. The minimum Gasteiger partial charge on any atom is -0.485 e. The normalized spacial score (nSPS) is 20.7. The molecule has 0 saturated carbocycles. The van der Waals surface area contributed by atoms with Gasteiger partial charge >= 0.3 is 0 Å². The van der Waals surface area contributed by atoms with Crippen molar-refractivity contribution in [3.05, 3.63) is 64.2 Å². The highest BCUT2D eigenvalue weighted by Gasteiger charge is 2.43. The highest BCUT2D eigenvalue weighted by molar-refractivity contribution is 6.30. The summed E-state index contributed by atoms with van der Waals surface area (Å²) >= 11 is 5.86. The van der Waals surface area contributed by atoms with Crippen molar-refractivity contribution in [2.24, 2.45) is 0 Å². The fraction of sp³-hybridized carbons (Fsp3) is 0.300. The monoisotopic (exact) mass is 373 g/mol. The Labute approximate surface area is 156 Å². The first kappa shape index (κ1) is 18.4. The van der Waals surface area contributed by atoms with Crippen LogP contribution >= 0.6 is 11.6 Å². The summed E-state index contributed by atoms with van der Waals surface area (Å²) in [5.41, 5.74) is 0.592. The van der Waals surface area contributed by atoms with E-state index in [9.17, 15) is 14.7 Å². The van der Waals surface area contributed by atoms with Gasteiger partial charge in [0.15, 0.2) is 5.78 Å². The van der Waals surface area contributed by atoms with Crippen molar-refractivity contribution < 1.29 is 19.4 Å². The zero-order valence-corrected chi connectivity index (χ0v) is 15.5. The average Bonchev–Trinajstić information content (AvgIpc) is 2.58. The Bertz CT molecular complexity index is 861. The predicted molar refractivity (Wildman–Crippen MR) is 98.8 cm³/mol. The molecule has 26 heavy (non-hydrogen) atoms. The molecule has 5 nitrogen and oxygen atoms in total. The van der Waals surface area contributed by atoms with Crippen LogP contribution in [0.15, 0.2) is 42.5 Å². The standard InChI is InChI=1S/C20H20ClNO4/c1-11(23)13-6-9-16-15(10-13)17(18(24)20(2,3)26-16)22-19(25)12-4-7-14(21)8-5-12/h4-10,17-18,24H,1-3H3,(H,22,25). The number of hydrogen-bond acceptors (Lipinski definition) is 4. The molecular formula is C20H20ClNO4. The number of benzene rings is 2. The van der Waals surface area contributed by atoms with Gasteiger partial charge < -0.3 is 15.2 Å². The molecule has 136 valence electrons. The second-order valence-electron chi connectivity index (χ2n) is 6.92. The Balaban J connectivity index is 1.99. The number of fused-ring (bicyclic) bond motifs is 1. The molecule has 0 spiro atoms. The molecule has 0 radical (unpaired) electrons. The van der Waals surface area contributed by atoms with Crippen molar-refractivity contribution in [3.63, 3.8) is 0 Å². The van der Waals surface area contributed by atoms with E-state index in [4.69, 9.17) is 16.3 Å². The van der Waals surface area contributed by atoms with Gasteiger partial charge in [-0.05, 0) is 63.2 Å². The molecule has 0 saturated heterocycles. The number of carbonyl (C=O) groups excluding carboxylic acids is 2. The van der Waals surface area contributed by atoms with Crippen molar-refractivity contribution in [3.8, 4) is 5.75 Å². The molecule has 2 unspecified atom stereocenters. The first-order valence-electron chi connectivity index (χ1n) is 8.27. The van der Waals surface area contributed by atoms with E-state index < -0.39 is 17.7 Å². The van der Waals surface area contributed by atoms with Crippen LogP contribution in [-0.2, 0) is 0 Å². The number of aliphatic hydroxyl groups is 1. The smallest absolute Gasteiger partial charge is 0.251 e. The first-order valence-corrected chi connectivity index (χ1v) is 8.65. The number of nitrogens with one attached hydrogen (secondary N) is 1. The summed E-state index contributed by atoms with van der Waals surface area (Å²) in [5, 5.41) is 14.2. The third-order valence-corrected chi connectivity index (χ3v) is 4.80. The number of rotatable bonds is 3. The minimum atomic E-state index is -0.992. The third kappa shape index (κ3) is 3.45. The lowest BCUT2D eigenvalue weighted by atomic mass is 9.85. The molecule has 1 aliphatic heterocycles. The van der Waals surface area contributed by atoms with Crippen LogP contribution in [0.25, 0.3) is 0 Å². The molecule has 2 atom stereocenters. The van der Waals surface area contributed by atoms with Crippen molar-refractivity contribution in [1.82, 2.24) is 5.32 Å². The predicted octanol–water partition coefficient (Wildman–Crippen LogP) is 3.55. The molecule has 2 aromatic rings. The van der Waals surface area contributed by atoms with Crippen LogP contribution in [0.1, 0.15) is 53.1 Å². The molecule has 1 amide bonds. The van der Waals surface area contributed by atoms with Gasteiger partial charge in [0, 0.05) is 21.7 Å². The van der Waals surface area contributed by atoms with Crippen molar-refractivity contribution in [1.29, 1.82) is 0 Å². The maximum absolute atomic E-state index is 12.6. The van der Waals surface area contributed by atoms with Crippen LogP contribution in [0.4, 0.5) is 0 Å². The molecule has 0 aromatic heterocycles. The zero-order valence-electron chi connectivity index (χ0n) is 14.7. The van der Waals surface area contributed by atoms with E-state index in [1.165, 1.54) is 6.92 Å². The summed E-state index contributed by atoms with van der Waals surface area (Å²) in [6.07, 6.45) is -0.992. The quantitative estimate of drug-likeness (QED) is 0.807. The summed E-state index contributed by atoms with van der Waals surface area (Å²) in [6.45, 7) is 4.97. The third-order valence-electron chi connectivity index (χ3n) is 4.55. The summed E-state index contributed by atoms with van der Waals surface area (Å²) < 4.78 is 5.87. The number of aliphatic hydroxyl groups excluding tert-OH is 1. The number of amides is 1. The molecule has 3 rings (SSSR count). The molecule has 6 heteroatoms. The number of halogens is 1. The maximum atomic E-state index is 12.6. The lowest BCUT2D eigenvalue weighted by molar-refractivity contribution is -0.0627. The lowest BCUT2D eigenvalue weighted by Gasteiger charge is -2.42. The van der Waals surface area contributed by atoms with E-state index in [1.54, 1.807) is 56.3 Å². The lowest BCUT2D eigenvalue weighted by Crippen LogP contribution is -2.53. The van der Waals surface area contributed by atoms with Gasteiger partial charge in [0.2, 0.25) is 0 Å². The number of hydrogen-bond donors (Lipinski definition) is 2. The Morgan fingerprint density at radius 2 is 1.73 bits per heavy atom. The molecule has 0 aliphatic carbocycles. The van der Waals surface area contributed by atoms with Gasteiger partial charge in [-0.3, -0.25) is 9.59 Å². The van der Waals surface area contributed by atoms with E-state index in [0.717, 1.165) is 0 Å². The van der Waals surface area contributed by atoms with Gasteiger partial charge in [-0.1, -0.05) is 11.6 Å². The zero-order chi connectivity index (χ0) is 19.1.